The lowest BCUT2D eigenvalue weighted by Gasteiger charge is -2.43. The van der Waals surface area contributed by atoms with Gasteiger partial charge >= 0.3 is 0 Å². The maximum Gasteiger partial charge on any atom is 0.147 e. The van der Waals surface area contributed by atoms with E-state index in [2.05, 4.69) is 29.3 Å². The number of ketones is 1. The molecule has 3 nitrogen and oxygen atoms in total. The molecular formula is C23H23ClN2O. The third-order valence-corrected chi connectivity index (χ3v) is 7.04. The molecule has 2 aromatic carbocycles. The highest BCUT2D eigenvalue weighted by Gasteiger charge is 2.68. The number of nitrogens with zero attached hydrogens (tertiary/aromatic N) is 2. The molecule has 0 spiro atoms. The van der Waals surface area contributed by atoms with E-state index in [0.717, 1.165) is 55.5 Å². The average Bonchev–Trinajstić information content (AvgIpc) is 3.16. The molecule has 2 fully saturated rings. The van der Waals surface area contributed by atoms with Crippen LogP contribution in [0.5, 0.6) is 0 Å². The van der Waals surface area contributed by atoms with Gasteiger partial charge in [-0.25, -0.2) is 0 Å². The van der Waals surface area contributed by atoms with Gasteiger partial charge in [-0.2, -0.15) is 5.10 Å². The molecule has 0 amide bonds. The molecule has 2 aliphatic carbocycles. The molecule has 2 aromatic rings. The molecule has 5 rings (SSSR count). The smallest absolute Gasteiger partial charge is 0.147 e. The Morgan fingerprint density at radius 1 is 0.889 bits per heavy atom. The number of rotatable bonds is 2. The van der Waals surface area contributed by atoms with Crippen molar-refractivity contribution in [3.8, 4) is 0 Å². The molecule has 0 radical (unpaired) electrons. The van der Waals surface area contributed by atoms with Crippen LogP contribution in [-0.2, 0) is 4.79 Å². The zero-order valence-electron chi connectivity index (χ0n) is 15.3. The van der Waals surface area contributed by atoms with Crippen LogP contribution in [-0.4, -0.2) is 17.0 Å². The summed E-state index contributed by atoms with van der Waals surface area (Å²) < 4.78 is 0. The zero-order chi connectivity index (χ0) is 18.5. The minimum absolute atomic E-state index is 0.225. The minimum atomic E-state index is -0.493. The molecule has 2 unspecified atom stereocenters. The number of carbonyl (C=O) groups excluding carboxylic acids is 1. The molecule has 0 bridgehead atoms. The largest absolute Gasteiger partial charge is 0.299 e. The second kappa shape index (κ2) is 6.20. The van der Waals surface area contributed by atoms with Crippen LogP contribution in [0.4, 0.5) is 5.69 Å². The Balaban J connectivity index is 1.75. The third kappa shape index (κ3) is 2.27. The lowest BCUT2D eigenvalue weighted by Crippen LogP contribution is -2.56. The number of hydrogen-bond acceptors (Lipinski definition) is 3. The van der Waals surface area contributed by atoms with Gasteiger partial charge in [-0.3, -0.25) is 9.80 Å². The van der Waals surface area contributed by atoms with Crippen molar-refractivity contribution >= 4 is 28.8 Å². The second-order valence-electron chi connectivity index (χ2n) is 8.02. The standard InChI is InChI=1S/C23H23ClN2O/c24-18-12-10-17(11-13-18)21-23-16-6-15-22(23,14-5-4-9-20(23)27)26(25-21)19-7-2-1-3-8-19/h1-3,7-8,10-13H,4-6,9,14-16H2. The predicted octanol–water partition coefficient (Wildman–Crippen LogP) is 5.62. The fourth-order valence-electron chi connectivity index (χ4n) is 5.68. The summed E-state index contributed by atoms with van der Waals surface area (Å²) in [5, 5.41) is 8.06. The predicted molar refractivity (Wildman–Crippen MR) is 109 cm³/mol. The second-order valence-corrected chi connectivity index (χ2v) is 8.46. The lowest BCUT2D eigenvalue weighted by molar-refractivity contribution is -0.126. The van der Waals surface area contributed by atoms with Crippen LogP contribution in [0.3, 0.4) is 0 Å². The van der Waals surface area contributed by atoms with E-state index in [4.69, 9.17) is 16.7 Å². The molecule has 27 heavy (non-hydrogen) atoms. The molecule has 2 atom stereocenters. The highest BCUT2D eigenvalue weighted by Crippen LogP contribution is 2.61. The maximum absolute atomic E-state index is 13.6. The van der Waals surface area contributed by atoms with Crippen molar-refractivity contribution in [2.45, 2.75) is 50.5 Å². The van der Waals surface area contributed by atoms with Crippen molar-refractivity contribution in [2.24, 2.45) is 10.5 Å². The number of Topliss-reactive ketones (excluding diaryl/α,β-unsaturated/α-hetero) is 1. The van der Waals surface area contributed by atoms with E-state index >= 15 is 0 Å². The summed E-state index contributed by atoms with van der Waals surface area (Å²) in [6.07, 6.45) is 6.75. The van der Waals surface area contributed by atoms with E-state index in [-0.39, 0.29) is 5.54 Å². The normalized spacial score (nSPS) is 29.9. The number of anilines is 1. The summed E-state index contributed by atoms with van der Waals surface area (Å²) in [5.41, 5.74) is 2.35. The van der Waals surface area contributed by atoms with Crippen molar-refractivity contribution in [2.75, 3.05) is 5.01 Å². The van der Waals surface area contributed by atoms with E-state index < -0.39 is 5.41 Å². The minimum Gasteiger partial charge on any atom is -0.299 e. The number of para-hydroxylation sites is 1. The van der Waals surface area contributed by atoms with Crippen molar-refractivity contribution in [1.82, 2.24) is 0 Å². The summed E-state index contributed by atoms with van der Waals surface area (Å²) in [6, 6.07) is 18.2. The Kier molecular flexibility index (Phi) is 3.90. The summed E-state index contributed by atoms with van der Waals surface area (Å²) in [7, 11) is 0. The van der Waals surface area contributed by atoms with Crippen LogP contribution >= 0.6 is 11.6 Å². The van der Waals surface area contributed by atoms with Gasteiger partial charge in [0.05, 0.1) is 22.4 Å². The maximum atomic E-state index is 13.6. The Morgan fingerprint density at radius 2 is 1.63 bits per heavy atom. The van der Waals surface area contributed by atoms with Gasteiger partial charge in [-0.15, -0.1) is 0 Å². The first-order valence-electron chi connectivity index (χ1n) is 9.91. The first-order valence-corrected chi connectivity index (χ1v) is 10.3. The van der Waals surface area contributed by atoms with E-state index in [1.54, 1.807) is 0 Å². The highest BCUT2D eigenvalue weighted by atomic mass is 35.5. The summed E-state index contributed by atoms with van der Waals surface area (Å²) in [4.78, 5) is 13.6. The van der Waals surface area contributed by atoms with Gasteiger partial charge in [0.2, 0.25) is 0 Å². The SMILES string of the molecule is O=C1CCCCC23CCCC12C(c1ccc(Cl)cc1)=NN3c1ccccc1. The Hall–Kier alpha value is -2.13. The summed E-state index contributed by atoms with van der Waals surface area (Å²) >= 11 is 6.13. The molecule has 1 aliphatic heterocycles. The van der Waals surface area contributed by atoms with Crippen LogP contribution in [0.15, 0.2) is 59.7 Å². The zero-order valence-corrected chi connectivity index (χ0v) is 16.1. The van der Waals surface area contributed by atoms with Crippen LogP contribution < -0.4 is 5.01 Å². The van der Waals surface area contributed by atoms with E-state index in [0.29, 0.717) is 17.2 Å². The number of benzene rings is 2. The van der Waals surface area contributed by atoms with Crippen molar-refractivity contribution < 1.29 is 4.79 Å². The summed E-state index contributed by atoms with van der Waals surface area (Å²) in [5.74, 6) is 0.379. The molecule has 138 valence electrons. The third-order valence-electron chi connectivity index (χ3n) is 6.78. The molecule has 3 aliphatic rings. The number of hydrazone groups is 1. The molecule has 0 aromatic heterocycles. The van der Waals surface area contributed by atoms with Crippen LogP contribution in [0, 0.1) is 5.41 Å². The van der Waals surface area contributed by atoms with Crippen molar-refractivity contribution in [3.05, 3.63) is 65.2 Å². The van der Waals surface area contributed by atoms with Crippen LogP contribution in [0.1, 0.15) is 50.5 Å². The van der Waals surface area contributed by atoms with E-state index in [9.17, 15) is 4.79 Å². The number of carbonyl (C=O) groups is 1. The van der Waals surface area contributed by atoms with Gasteiger partial charge in [0, 0.05) is 11.4 Å². The Morgan fingerprint density at radius 3 is 2.41 bits per heavy atom. The van der Waals surface area contributed by atoms with Crippen molar-refractivity contribution in [3.63, 3.8) is 0 Å². The first kappa shape index (κ1) is 17.0. The quantitative estimate of drug-likeness (QED) is 0.679. The Labute approximate surface area is 165 Å². The van der Waals surface area contributed by atoms with Gasteiger partial charge in [0.15, 0.2) is 0 Å². The summed E-state index contributed by atoms with van der Waals surface area (Å²) in [6.45, 7) is 0. The molecule has 1 heterocycles. The highest BCUT2D eigenvalue weighted by molar-refractivity contribution is 6.30. The lowest BCUT2D eigenvalue weighted by atomic mass is 9.64. The molecular weight excluding hydrogens is 356 g/mol. The monoisotopic (exact) mass is 378 g/mol. The van der Waals surface area contributed by atoms with E-state index in [1.165, 1.54) is 0 Å². The van der Waals surface area contributed by atoms with Gasteiger partial charge < -0.3 is 0 Å². The number of halogens is 1. The van der Waals surface area contributed by atoms with Crippen LogP contribution in [0.25, 0.3) is 0 Å². The molecule has 0 N–H and O–H groups in total. The Bertz CT molecular complexity index is 908. The first-order chi connectivity index (χ1) is 13.2. The fraction of sp³-hybridized carbons (Fsp3) is 0.391. The number of hydrogen-bond donors (Lipinski definition) is 0. The van der Waals surface area contributed by atoms with Crippen molar-refractivity contribution in [1.29, 1.82) is 0 Å². The topological polar surface area (TPSA) is 32.7 Å². The van der Waals surface area contributed by atoms with Gasteiger partial charge in [-0.1, -0.05) is 48.4 Å². The average molecular weight is 379 g/mol. The van der Waals surface area contributed by atoms with Gasteiger partial charge in [0.25, 0.3) is 0 Å². The van der Waals surface area contributed by atoms with Gasteiger partial charge in [0.1, 0.15) is 5.78 Å². The van der Waals surface area contributed by atoms with E-state index in [1.807, 2.05) is 30.3 Å². The fourth-order valence-corrected chi connectivity index (χ4v) is 5.80. The van der Waals surface area contributed by atoms with Crippen LogP contribution in [0.2, 0.25) is 5.02 Å². The molecule has 0 saturated heterocycles. The van der Waals surface area contributed by atoms with Gasteiger partial charge in [-0.05, 0) is 61.9 Å². The molecule has 2 saturated carbocycles. The molecule has 4 heteroatoms.